The molecule has 0 aliphatic carbocycles. The fraction of sp³-hybridized carbons (Fsp3) is 0.300. The lowest BCUT2D eigenvalue weighted by Gasteiger charge is -2.18. The van der Waals surface area contributed by atoms with Gasteiger partial charge in [0.1, 0.15) is 6.04 Å². The Morgan fingerprint density at radius 2 is 1.79 bits per heavy atom. The molecule has 2 N–H and O–H groups in total. The van der Waals surface area contributed by atoms with Gasteiger partial charge >= 0.3 is 6.18 Å². The minimum absolute atomic E-state index is 0.0558. The van der Waals surface area contributed by atoms with E-state index in [4.69, 9.17) is 0 Å². The number of thioether (sulfide) groups is 1. The predicted molar refractivity (Wildman–Crippen MR) is 104 cm³/mol. The summed E-state index contributed by atoms with van der Waals surface area (Å²) in [6.45, 7) is -0.0558. The molecule has 0 aliphatic rings. The van der Waals surface area contributed by atoms with Crippen LogP contribution >= 0.6 is 11.8 Å². The number of nitrogens with one attached hydrogen (secondary N) is 2. The number of alkyl halides is 3. The van der Waals surface area contributed by atoms with Crippen LogP contribution in [0, 0.1) is 0 Å². The number of hydrogen-bond donors (Lipinski definition) is 2. The van der Waals surface area contributed by atoms with E-state index in [9.17, 15) is 22.8 Å². The van der Waals surface area contributed by atoms with Crippen molar-refractivity contribution >= 4 is 23.6 Å². The number of rotatable bonds is 8. The molecular formula is C20H21F3N2O2S. The molecule has 2 aromatic rings. The van der Waals surface area contributed by atoms with Crippen molar-refractivity contribution in [1.82, 2.24) is 10.6 Å². The van der Waals surface area contributed by atoms with E-state index in [1.807, 2.05) is 6.26 Å². The fourth-order valence-corrected chi connectivity index (χ4v) is 2.98. The van der Waals surface area contributed by atoms with Gasteiger partial charge in [-0.15, -0.1) is 0 Å². The van der Waals surface area contributed by atoms with Crippen LogP contribution in [-0.4, -0.2) is 29.9 Å². The van der Waals surface area contributed by atoms with Crippen LogP contribution in [0.5, 0.6) is 0 Å². The zero-order valence-electron chi connectivity index (χ0n) is 15.3. The van der Waals surface area contributed by atoms with Crippen molar-refractivity contribution in [2.75, 3.05) is 12.0 Å². The first-order valence-electron chi connectivity index (χ1n) is 8.60. The van der Waals surface area contributed by atoms with E-state index < -0.39 is 23.7 Å². The van der Waals surface area contributed by atoms with E-state index in [1.54, 1.807) is 30.3 Å². The van der Waals surface area contributed by atoms with Gasteiger partial charge in [-0.25, -0.2) is 0 Å². The molecular weight excluding hydrogens is 389 g/mol. The zero-order valence-corrected chi connectivity index (χ0v) is 16.1. The third-order valence-electron chi connectivity index (χ3n) is 3.99. The number of carbonyl (C=O) groups excluding carboxylic acids is 2. The largest absolute Gasteiger partial charge is 0.416 e. The van der Waals surface area contributed by atoms with Crippen LogP contribution in [0.4, 0.5) is 13.2 Å². The molecule has 2 aromatic carbocycles. The van der Waals surface area contributed by atoms with Gasteiger partial charge in [-0.1, -0.05) is 30.3 Å². The molecule has 0 aromatic heterocycles. The highest BCUT2D eigenvalue weighted by atomic mass is 32.2. The molecule has 0 bridgehead atoms. The van der Waals surface area contributed by atoms with Crippen LogP contribution in [0.15, 0.2) is 54.6 Å². The highest BCUT2D eigenvalue weighted by Crippen LogP contribution is 2.29. The Balaban J connectivity index is 2.01. The molecule has 1 atom stereocenters. The average molecular weight is 410 g/mol. The van der Waals surface area contributed by atoms with Gasteiger partial charge in [0.05, 0.1) is 5.56 Å². The number of benzene rings is 2. The number of halogens is 3. The predicted octanol–water partition coefficient (Wildman–Crippen LogP) is 3.87. The van der Waals surface area contributed by atoms with Crippen LogP contribution in [0.1, 0.15) is 27.9 Å². The van der Waals surface area contributed by atoms with Crippen LogP contribution < -0.4 is 10.6 Å². The van der Waals surface area contributed by atoms with Crippen molar-refractivity contribution in [2.24, 2.45) is 0 Å². The first kappa shape index (κ1) is 21.8. The Kier molecular flexibility index (Phi) is 7.92. The van der Waals surface area contributed by atoms with Crippen molar-refractivity contribution in [3.63, 3.8) is 0 Å². The van der Waals surface area contributed by atoms with Gasteiger partial charge in [0.2, 0.25) is 5.91 Å². The van der Waals surface area contributed by atoms with Gasteiger partial charge in [0, 0.05) is 12.1 Å². The Labute approximate surface area is 165 Å². The molecule has 0 saturated heterocycles. The monoisotopic (exact) mass is 410 g/mol. The van der Waals surface area contributed by atoms with E-state index in [0.717, 1.165) is 12.1 Å². The van der Waals surface area contributed by atoms with E-state index in [2.05, 4.69) is 10.6 Å². The van der Waals surface area contributed by atoms with Gasteiger partial charge in [-0.2, -0.15) is 24.9 Å². The SMILES string of the molecule is CSCCC(NC(=O)c1ccccc1)C(=O)NCc1cccc(C(F)(F)F)c1. The lowest BCUT2D eigenvalue weighted by atomic mass is 10.1. The van der Waals surface area contributed by atoms with Crippen molar-refractivity contribution in [2.45, 2.75) is 25.2 Å². The van der Waals surface area contributed by atoms with Gasteiger partial charge in [-0.3, -0.25) is 9.59 Å². The Bertz CT molecular complexity index is 798. The molecule has 4 nitrogen and oxygen atoms in total. The second kappa shape index (κ2) is 10.2. The molecule has 150 valence electrons. The Morgan fingerprint density at radius 1 is 1.07 bits per heavy atom. The summed E-state index contributed by atoms with van der Waals surface area (Å²) in [6.07, 6.45) is -2.14. The summed E-state index contributed by atoms with van der Waals surface area (Å²) in [7, 11) is 0. The Morgan fingerprint density at radius 3 is 2.43 bits per heavy atom. The summed E-state index contributed by atoms with van der Waals surface area (Å²) in [5.74, 6) is -0.159. The van der Waals surface area contributed by atoms with Crippen molar-refractivity contribution in [1.29, 1.82) is 0 Å². The minimum Gasteiger partial charge on any atom is -0.350 e. The second-order valence-electron chi connectivity index (χ2n) is 6.09. The summed E-state index contributed by atoms with van der Waals surface area (Å²) in [5.41, 5.74) is -0.000861. The molecule has 0 saturated carbocycles. The highest BCUT2D eigenvalue weighted by molar-refractivity contribution is 7.98. The third kappa shape index (κ3) is 6.60. The fourth-order valence-electron chi connectivity index (χ4n) is 2.51. The molecule has 0 heterocycles. The normalized spacial score (nSPS) is 12.3. The molecule has 2 rings (SSSR count). The van der Waals surface area contributed by atoms with E-state index in [1.165, 1.54) is 23.9 Å². The van der Waals surface area contributed by atoms with Crippen molar-refractivity contribution in [3.8, 4) is 0 Å². The summed E-state index contributed by atoms with van der Waals surface area (Å²) < 4.78 is 38.4. The molecule has 28 heavy (non-hydrogen) atoms. The van der Waals surface area contributed by atoms with Crippen LogP contribution in [0.25, 0.3) is 0 Å². The lowest BCUT2D eigenvalue weighted by Crippen LogP contribution is -2.46. The third-order valence-corrected chi connectivity index (χ3v) is 4.63. The number of carbonyl (C=O) groups is 2. The van der Waals surface area contributed by atoms with E-state index in [0.29, 0.717) is 23.3 Å². The minimum atomic E-state index is -4.44. The summed E-state index contributed by atoms with van der Waals surface area (Å²) in [6, 6.07) is 12.5. The standard InChI is InChI=1S/C20H21F3N2O2S/c1-28-11-10-17(25-18(26)15-7-3-2-4-8-15)19(27)24-13-14-6-5-9-16(12-14)20(21,22)23/h2-9,12,17H,10-11,13H2,1H3,(H,24,27)(H,25,26). The van der Waals surface area contributed by atoms with Crippen molar-refractivity contribution < 1.29 is 22.8 Å². The molecule has 0 spiro atoms. The summed E-state index contributed by atoms with van der Waals surface area (Å²) in [4.78, 5) is 24.8. The number of amides is 2. The highest BCUT2D eigenvalue weighted by Gasteiger charge is 2.30. The second-order valence-corrected chi connectivity index (χ2v) is 7.08. The van der Waals surface area contributed by atoms with Gasteiger partial charge in [-0.05, 0) is 48.3 Å². The molecule has 0 radical (unpaired) electrons. The molecule has 0 fully saturated rings. The first-order valence-corrected chi connectivity index (χ1v) is 9.99. The van der Waals surface area contributed by atoms with Gasteiger partial charge < -0.3 is 10.6 Å². The topological polar surface area (TPSA) is 58.2 Å². The quantitative estimate of drug-likeness (QED) is 0.695. The maximum absolute atomic E-state index is 12.8. The van der Waals surface area contributed by atoms with E-state index >= 15 is 0 Å². The molecule has 0 aliphatic heterocycles. The van der Waals surface area contributed by atoms with Crippen LogP contribution in [0.2, 0.25) is 0 Å². The maximum Gasteiger partial charge on any atom is 0.416 e. The maximum atomic E-state index is 12.8. The molecule has 8 heteroatoms. The molecule has 1 unspecified atom stereocenters. The summed E-state index contributed by atoms with van der Waals surface area (Å²) >= 11 is 1.53. The lowest BCUT2D eigenvalue weighted by molar-refractivity contribution is -0.137. The van der Waals surface area contributed by atoms with Crippen molar-refractivity contribution in [3.05, 3.63) is 71.3 Å². The zero-order chi connectivity index (χ0) is 20.6. The van der Waals surface area contributed by atoms with E-state index in [-0.39, 0.29) is 12.5 Å². The van der Waals surface area contributed by atoms with Crippen LogP contribution in [0.3, 0.4) is 0 Å². The molecule has 2 amide bonds. The van der Waals surface area contributed by atoms with Gasteiger partial charge in [0.15, 0.2) is 0 Å². The average Bonchev–Trinajstić information content (AvgIpc) is 2.69. The van der Waals surface area contributed by atoms with Gasteiger partial charge in [0.25, 0.3) is 5.91 Å². The van der Waals surface area contributed by atoms with Crippen LogP contribution in [-0.2, 0) is 17.5 Å². The smallest absolute Gasteiger partial charge is 0.350 e. The summed E-state index contributed by atoms with van der Waals surface area (Å²) in [5, 5.41) is 5.31. The number of hydrogen-bond acceptors (Lipinski definition) is 3. The Hall–Kier alpha value is -2.48. The first-order chi connectivity index (χ1) is 13.3.